The van der Waals surface area contributed by atoms with Crippen LogP contribution in [0.4, 0.5) is 0 Å². The molecule has 5 nitrogen and oxygen atoms in total. The molecule has 3 N–H and O–H groups in total. The number of carboxylic acid groups (broad SMARTS) is 1. The Morgan fingerprint density at radius 1 is 1.17 bits per heavy atom. The van der Waals surface area contributed by atoms with Crippen molar-refractivity contribution in [1.82, 2.24) is 4.90 Å². The predicted octanol–water partition coefficient (Wildman–Crippen LogP) is 0.293. The molecule has 0 aromatic rings. The van der Waals surface area contributed by atoms with Gasteiger partial charge in [0.2, 0.25) is 5.91 Å². The summed E-state index contributed by atoms with van der Waals surface area (Å²) < 4.78 is 0. The van der Waals surface area contributed by atoms with Gasteiger partial charge in [-0.25, -0.2) is 0 Å². The molecule has 2 bridgehead atoms. The monoisotopic (exact) mass is 252 g/mol. The van der Waals surface area contributed by atoms with Gasteiger partial charge in [0.15, 0.2) is 0 Å². The van der Waals surface area contributed by atoms with E-state index in [0.29, 0.717) is 31.3 Å². The Labute approximate surface area is 106 Å². The van der Waals surface area contributed by atoms with Crippen LogP contribution in [-0.4, -0.2) is 41.0 Å². The molecule has 0 aromatic carbocycles. The van der Waals surface area contributed by atoms with Crippen LogP contribution < -0.4 is 5.73 Å². The van der Waals surface area contributed by atoms with Gasteiger partial charge >= 0.3 is 5.97 Å². The van der Waals surface area contributed by atoms with Gasteiger partial charge in [-0.05, 0) is 37.5 Å². The number of hydrogen-bond donors (Lipinski definition) is 2. The summed E-state index contributed by atoms with van der Waals surface area (Å²) in [5.41, 5.74) is 6.16. The first-order chi connectivity index (χ1) is 8.58. The van der Waals surface area contributed by atoms with E-state index in [4.69, 9.17) is 10.8 Å². The standard InChI is InChI=1S/C13H20N2O3/c14-11-8-2-1-7(5-8)10(11)12(16)15-4-3-9(6-15)13(17)18/h7-11H,1-6,14H2,(H,17,18). The van der Waals surface area contributed by atoms with Crippen LogP contribution in [0.2, 0.25) is 0 Å². The Morgan fingerprint density at radius 2 is 1.89 bits per heavy atom. The minimum atomic E-state index is -0.789. The Morgan fingerprint density at radius 3 is 2.44 bits per heavy atom. The fourth-order valence-corrected chi connectivity index (χ4v) is 4.08. The van der Waals surface area contributed by atoms with E-state index >= 15 is 0 Å². The number of rotatable bonds is 2. The maximum atomic E-state index is 12.5. The zero-order valence-electron chi connectivity index (χ0n) is 10.4. The number of nitrogens with zero attached hydrogens (tertiary/aromatic N) is 1. The van der Waals surface area contributed by atoms with E-state index < -0.39 is 5.97 Å². The minimum Gasteiger partial charge on any atom is -0.481 e. The highest BCUT2D eigenvalue weighted by Crippen LogP contribution is 2.48. The molecule has 1 aliphatic heterocycles. The van der Waals surface area contributed by atoms with Crippen molar-refractivity contribution in [3.8, 4) is 0 Å². The summed E-state index contributed by atoms with van der Waals surface area (Å²) >= 11 is 0. The van der Waals surface area contributed by atoms with Crippen molar-refractivity contribution >= 4 is 11.9 Å². The molecule has 2 aliphatic carbocycles. The van der Waals surface area contributed by atoms with Crippen LogP contribution in [0.3, 0.4) is 0 Å². The summed E-state index contributed by atoms with van der Waals surface area (Å²) in [5, 5.41) is 8.97. The van der Waals surface area contributed by atoms with Crippen LogP contribution in [0.1, 0.15) is 25.7 Å². The second-order valence-electron chi connectivity index (χ2n) is 6.04. The Bertz CT molecular complexity index is 382. The molecule has 1 saturated heterocycles. The predicted molar refractivity (Wildman–Crippen MR) is 64.6 cm³/mol. The lowest BCUT2D eigenvalue weighted by Crippen LogP contribution is -2.46. The molecule has 1 heterocycles. The van der Waals surface area contributed by atoms with Crippen molar-refractivity contribution in [3.05, 3.63) is 0 Å². The summed E-state index contributed by atoms with van der Waals surface area (Å²) in [6, 6.07) is 0.000119. The number of carboxylic acids is 1. The molecule has 1 amide bonds. The van der Waals surface area contributed by atoms with Crippen LogP contribution in [0.15, 0.2) is 0 Å². The van der Waals surface area contributed by atoms with Crippen molar-refractivity contribution in [3.63, 3.8) is 0 Å². The third kappa shape index (κ3) is 1.72. The zero-order valence-corrected chi connectivity index (χ0v) is 10.4. The molecule has 0 spiro atoms. The fourth-order valence-electron chi connectivity index (χ4n) is 4.08. The van der Waals surface area contributed by atoms with Gasteiger partial charge in [-0.1, -0.05) is 0 Å². The number of carbonyl (C=O) groups is 2. The van der Waals surface area contributed by atoms with Crippen molar-refractivity contribution < 1.29 is 14.7 Å². The number of nitrogens with two attached hydrogens (primary N) is 1. The van der Waals surface area contributed by atoms with Crippen LogP contribution in [0.5, 0.6) is 0 Å². The maximum Gasteiger partial charge on any atom is 0.308 e. The average Bonchev–Trinajstić information content (AvgIpc) is 3.03. The van der Waals surface area contributed by atoms with Crippen LogP contribution in [0.25, 0.3) is 0 Å². The SMILES string of the molecule is NC1C2CCC(C2)C1C(=O)N1CCC(C(=O)O)C1. The first kappa shape index (κ1) is 12.0. The molecule has 5 heteroatoms. The van der Waals surface area contributed by atoms with Crippen LogP contribution in [-0.2, 0) is 9.59 Å². The molecule has 100 valence electrons. The maximum absolute atomic E-state index is 12.5. The quantitative estimate of drug-likeness (QED) is 0.740. The van der Waals surface area contributed by atoms with Crippen LogP contribution in [0, 0.1) is 23.7 Å². The molecule has 3 aliphatic rings. The van der Waals surface area contributed by atoms with E-state index in [-0.39, 0.29) is 23.8 Å². The van der Waals surface area contributed by atoms with Gasteiger partial charge < -0.3 is 15.7 Å². The Kier molecular flexibility index (Phi) is 2.81. The molecule has 3 rings (SSSR count). The highest BCUT2D eigenvalue weighted by atomic mass is 16.4. The molecule has 18 heavy (non-hydrogen) atoms. The molecular formula is C13H20N2O3. The smallest absolute Gasteiger partial charge is 0.308 e. The number of carbonyl (C=O) groups excluding carboxylic acids is 1. The molecular weight excluding hydrogens is 232 g/mol. The summed E-state index contributed by atoms with van der Waals surface area (Å²) in [6.07, 6.45) is 3.95. The second kappa shape index (κ2) is 4.23. The van der Waals surface area contributed by atoms with E-state index in [1.807, 2.05) is 0 Å². The summed E-state index contributed by atoms with van der Waals surface area (Å²) in [5.74, 6) is -0.149. The van der Waals surface area contributed by atoms with Gasteiger partial charge in [0.1, 0.15) is 0 Å². The molecule has 0 aromatic heterocycles. The molecule has 5 atom stereocenters. The molecule has 0 radical (unpaired) electrons. The van der Waals surface area contributed by atoms with Crippen molar-refractivity contribution in [1.29, 1.82) is 0 Å². The first-order valence-electron chi connectivity index (χ1n) is 6.85. The molecule has 5 unspecified atom stereocenters. The molecule has 2 saturated carbocycles. The van der Waals surface area contributed by atoms with Gasteiger partial charge in [-0.3, -0.25) is 9.59 Å². The summed E-state index contributed by atoms with van der Waals surface area (Å²) in [6.45, 7) is 0.950. The van der Waals surface area contributed by atoms with E-state index in [1.165, 1.54) is 0 Å². The number of aliphatic carboxylic acids is 1. The van der Waals surface area contributed by atoms with Gasteiger partial charge in [-0.15, -0.1) is 0 Å². The lowest BCUT2D eigenvalue weighted by molar-refractivity contribution is -0.142. The number of amides is 1. The largest absolute Gasteiger partial charge is 0.481 e. The topological polar surface area (TPSA) is 83.6 Å². The fraction of sp³-hybridized carbons (Fsp3) is 0.846. The normalized spacial score (nSPS) is 42.5. The second-order valence-corrected chi connectivity index (χ2v) is 6.04. The average molecular weight is 252 g/mol. The third-order valence-corrected chi connectivity index (χ3v) is 5.11. The highest BCUT2D eigenvalue weighted by Gasteiger charge is 2.50. The zero-order chi connectivity index (χ0) is 12.9. The number of hydrogen-bond acceptors (Lipinski definition) is 3. The van der Waals surface area contributed by atoms with Crippen molar-refractivity contribution in [2.45, 2.75) is 31.7 Å². The minimum absolute atomic E-state index is 0.000119. The summed E-state index contributed by atoms with van der Waals surface area (Å²) in [4.78, 5) is 25.1. The van der Waals surface area contributed by atoms with E-state index in [9.17, 15) is 9.59 Å². The third-order valence-electron chi connectivity index (χ3n) is 5.11. The summed E-state index contributed by atoms with van der Waals surface area (Å²) in [7, 11) is 0. The Balaban J connectivity index is 1.67. The highest BCUT2D eigenvalue weighted by molar-refractivity contribution is 5.82. The van der Waals surface area contributed by atoms with Gasteiger partial charge in [0.05, 0.1) is 11.8 Å². The lowest BCUT2D eigenvalue weighted by atomic mass is 9.84. The Hall–Kier alpha value is -1.10. The lowest BCUT2D eigenvalue weighted by Gasteiger charge is -2.30. The van der Waals surface area contributed by atoms with Gasteiger partial charge in [0, 0.05) is 19.1 Å². The van der Waals surface area contributed by atoms with Crippen molar-refractivity contribution in [2.75, 3.05) is 13.1 Å². The van der Waals surface area contributed by atoms with E-state index in [0.717, 1.165) is 19.3 Å². The van der Waals surface area contributed by atoms with Gasteiger partial charge in [-0.2, -0.15) is 0 Å². The first-order valence-corrected chi connectivity index (χ1v) is 6.85. The van der Waals surface area contributed by atoms with Gasteiger partial charge in [0.25, 0.3) is 0 Å². The number of likely N-dealkylation sites (tertiary alicyclic amines) is 1. The van der Waals surface area contributed by atoms with Crippen LogP contribution >= 0.6 is 0 Å². The van der Waals surface area contributed by atoms with E-state index in [2.05, 4.69) is 0 Å². The van der Waals surface area contributed by atoms with Crippen molar-refractivity contribution in [2.24, 2.45) is 29.4 Å². The van der Waals surface area contributed by atoms with E-state index in [1.54, 1.807) is 4.90 Å². The molecule has 3 fully saturated rings. The number of fused-ring (bicyclic) bond motifs is 2.